The molecule has 0 saturated carbocycles. The van der Waals surface area contributed by atoms with E-state index in [1.165, 1.54) is 4.41 Å². The summed E-state index contributed by atoms with van der Waals surface area (Å²) in [5, 5.41) is 4.55. The molecule has 4 rings (SSSR count). The van der Waals surface area contributed by atoms with E-state index in [2.05, 4.69) is 21.0 Å². The van der Waals surface area contributed by atoms with E-state index in [0.29, 0.717) is 6.42 Å². The van der Waals surface area contributed by atoms with Crippen LogP contribution in [-0.2, 0) is 10.0 Å². The molecule has 0 amide bonds. The van der Waals surface area contributed by atoms with Crippen molar-refractivity contribution in [2.75, 3.05) is 7.11 Å². The van der Waals surface area contributed by atoms with Crippen molar-refractivity contribution in [2.24, 2.45) is 5.10 Å². The molecule has 1 atom stereocenters. The second-order valence-corrected chi connectivity index (χ2v) is 9.35. The van der Waals surface area contributed by atoms with Gasteiger partial charge in [-0.25, -0.2) is 0 Å². The number of hydrazone groups is 1. The highest BCUT2D eigenvalue weighted by Crippen LogP contribution is 2.37. The quantitative estimate of drug-likeness (QED) is 0.527. The Kier molecular flexibility index (Phi) is 5.43. The van der Waals surface area contributed by atoms with E-state index in [0.717, 1.165) is 27.1 Å². The Bertz CT molecular complexity index is 1130. The average Bonchev–Trinajstić information content (AvgIpc) is 3.21. The highest BCUT2D eigenvalue weighted by atomic mass is 79.9. The summed E-state index contributed by atoms with van der Waals surface area (Å²) in [6.45, 7) is 0. The van der Waals surface area contributed by atoms with Crippen molar-refractivity contribution in [2.45, 2.75) is 17.4 Å². The lowest BCUT2D eigenvalue weighted by atomic mass is 9.99. The Balaban J connectivity index is 1.78. The lowest BCUT2D eigenvalue weighted by Gasteiger charge is -2.23. The Morgan fingerprint density at radius 1 is 0.966 bits per heavy atom. The molecule has 0 unspecified atom stereocenters. The predicted molar refractivity (Wildman–Crippen MR) is 116 cm³/mol. The summed E-state index contributed by atoms with van der Waals surface area (Å²) in [4.78, 5) is 0.222. The zero-order valence-corrected chi connectivity index (χ0v) is 18.1. The van der Waals surface area contributed by atoms with Gasteiger partial charge in [-0.2, -0.15) is 17.9 Å². The second kappa shape index (κ2) is 8.00. The van der Waals surface area contributed by atoms with Gasteiger partial charge in [0, 0.05) is 10.9 Å². The van der Waals surface area contributed by atoms with Crippen LogP contribution in [0, 0.1) is 0 Å². The van der Waals surface area contributed by atoms with E-state index in [9.17, 15) is 8.42 Å². The topological polar surface area (TPSA) is 59.0 Å². The van der Waals surface area contributed by atoms with E-state index in [1.54, 1.807) is 37.4 Å². The maximum absolute atomic E-state index is 13.4. The van der Waals surface area contributed by atoms with Crippen LogP contribution in [0.5, 0.6) is 5.75 Å². The molecule has 3 aromatic carbocycles. The number of benzene rings is 3. The zero-order valence-electron chi connectivity index (χ0n) is 15.7. The van der Waals surface area contributed by atoms with Crippen molar-refractivity contribution in [1.82, 2.24) is 4.41 Å². The van der Waals surface area contributed by atoms with E-state index >= 15 is 0 Å². The zero-order chi connectivity index (χ0) is 20.4. The molecule has 0 aromatic heterocycles. The number of hydrogen-bond donors (Lipinski definition) is 0. The van der Waals surface area contributed by atoms with Crippen molar-refractivity contribution < 1.29 is 13.2 Å². The van der Waals surface area contributed by atoms with Crippen LogP contribution in [0.2, 0.25) is 0 Å². The molecule has 1 heterocycles. The third-order valence-electron chi connectivity index (χ3n) is 4.84. The monoisotopic (exact) mass is 470 g/mol. The summed E-state index contributed by atoms with van der Waals surface area (Å²) in [6.07, 6.45) is 0.486. The molecule has 1 aliphatic heterocycles. The predicted octanol–water partition coefficient (Wildman–Crippen LogP) is 5.00. The fraction of sp³-hybridized carbons (Fsp3) is 0.136. The SMILES string of the molecule is COc1ccc([C@@H]2CC(c3ccc(Br)cc3)=NN2S(=O)(=O)c2ccccc2)cc1. The Morgan fingerprint density at radius 3 is 2.24 bits per heavy atom. The molecule has 7 heteroatoms. The van der Waals surface area contributed by atoms with Gasteiger partial charge in [-0.1, -0.05) is 58.4 Å². The largest absolute Gasteiger partial charge is 0.497 e. The van der Waals surface area contributed by atoms with E-state index in [-0.39, 0.29) is 4.90 Å². The molecule has 148 valence electrons. The van der Waals surface area contributed by atoms with Crippen LogP contribution in [-0.4, -0.2) is 25.7 Å². The first-order valence-corrected chi connectivity index (χ1v) is 11.3. The van der Waals surface area contributed by atoms with Crippen LogP contribution in [0.1, 0.15) is 23.6 Å². The van der Waals surface area contributed by atoms with Gasteiger partial charge in [0.25, 0.3) is 10.0 Å². The van der Waals surface area contributed by atoms with Gasteiger partial charge < -0.3 is 4.74 Å². The molecule has 0 N–H and O–H groups in total. The van der Waals surface area contributed by atoms with Crippen LogP contribution in [0.4, 0.5) is 0 Å². The molecule has 1 aliphatic rings. The molecule has 0 bridgehead atoms. The van der Waals surface area contributed by atoms with E-state index < -0.39 is 16.1 Å². The molecule has 0 saturated heterocycles. The molecule has 0 spiro atoms. The lowest BCUT2D eigenvalue weighted by molar-refractivity contribution is 0.370. The first kappa shape index (κ1) is 19.7. The molecule has 3 aromatic rings. The van der Waals surface area contributed by atoms with Crippen molar-refractivity contribution >= 4 is 31.7 Å². The number of hydrogen-bond acceptors (Lipinski definition) is 4. The maximum atomic E-state index is 13.4. The molecule has 0 radical (unpaired) electrons. The third-order valence-corrected chi connectivity index (χ3v) is 7.06. The summed E-state index contributed by atoms with van der Waals surface area (Å²) < 4.78 is 34.1. The van der Waals surface area contributed by atoms with Gasteiger partial charge in [0.1, 0.15) is 5.75 Å². The maximum Gasteiger partial charge on any atom is 0.279 e. The van der Waals surface area contributed by atoms with Crippen molar-refractivity contribution in [3.63, 3.8) is 0 Å². The van der Waals surface area contributed by atoms with Gasteiger partial charge in [0.2, 0.25) is 0 Å². The number of methoxy groups -OCH3 is 1. The fourth-order valence-corrected chi connectivity index (χ4v) is 5.02. The van der Waals surface area contributed by atoms with Crippen LogP contribution in [0.25, 0.3) is 0 Å². The van der Waals surface area contributed by atoms with Crippen LogP contribution in [0.3, 0.4) is 0 Å². The second-order valence-electron chi connectivity index (χ2n) is 6.64. The number of ether oxygens (including phenoxy) is 1. The minimum Gasteiger partial charge on any atom is -0.497 e. The average molecular weight is 471 g/mol. The fourth-order valence-electron chi connectivity index (χ4n) is 3.30. The summed E-state index contributed by atoms with van der Waals surface area (Å²) in [6, 6.07) is 23.1. The minimum absolute atomic E-state index is 0.222. The number of rotatable bonds is 5. The number of halogens is 1. The molecular formula is C22H19BrN2O3S. The molecule has 29 heavy (non-hydrogen) atoms. The normalized spacial score (nSPS) is 16.6. The Labute approximate surface area is 178 Å². The summed E-state index contributed by atoms with van der Waals surface area (Å²) >= 11 is 3.43. The summed E-state index contributed by atoms with van der Waals surface area (Å²) in [7, 11) is -2.19. The van der Waals surface area contributed by atoms with Crippen molar-refractivity contribution in [3.05, 3.63) is 94.5 Å². The van der Waals surface area contributed by atoms with Gasteiger partial charge in [-0.3, -0.25) is 0 Å². The highest BCUT2D eigenvalue weighted by Gasteiger charge is 2.37. The van der Waals surface area contributed by atoms with Crippen LogP contribution in [0.15, 0.2) is 93.3 Å². The lowest BCUT2D eigenvalue weighted by Crippen LogP contribution is -2.27. The molecule has 0 aliphatic carbocycles. The molecule has 5 nitrogen and oxygen atoms in total. The van der Waals surface area contributed by atoms with Crippen LogP contribution >= 0.6 is 15.9 Å². The van der Waals surface area contributed by atoms with Gasteiger partial charge in [0.05, 0.1) is 23.8 Å². The Hall–Kier alpha value is -2.64. The third kappa shape index (κ3) is 3.93. The smallest absolute Gasteiger partial charge is 0.279 e. The van der Waals surface area contributed by atoms with Gasteiger partial charge >= 0.3 is 0 Å². The highest BCUT2D eigenvalue weighted by molar-refractivity contribution is 9.10. The first-order chi connectivity index (χ1) is 14.0. The van der Waals surface area contributed by atoms with Crippen molar-refractivity contribution in [3.8, 4) is 5.75 Å². The van der Waals surface area contributed by atoms with E-state index in [4.69, 9.17) is 4.74 Å². The Morgan fingerprint density at radius 2 is 1.62 bits per heavy atom. The van der Waals surface area contributed by atoms with Gasteiger partial charge in [-0.05, 0) is 47.5 Å². The standard InChI is InChI=1S/C22H19BrN2O3S/c1-28-19-13-9-17(10-14-19)22-15-21(16-7-11-18(23)12-8-16)24-25(22)29(26,27)20-5-3-2-4-6-20/h2-14,22H,15H2,1H3/t22-/m0/s1. The van der Waals surface area contributed by atoms with Crippen LogP contribution < -0.4 is 4.74 Å². The van der Waals surface area contributed by atoms with Crippen molar-refractivity contribution in [1.29, 1.82) is 0 Å². The minimum atomic E-state index is -3.80. The molecular weight excluding hydrogens is 452 g/mol. The van der Waals surface area contributed by atoms with Gasteiger partial charge in [-0.15, -0.1) is 0 Å². The number of sulfonamides is 1. The molecule has 0 fully saturated rings. The number of nitrogens with zero attached hydrogens (tertiary/aromatic N) is 2. The van der Waals surface area contributed by atoms with E-state index in [1.807, 2.05) is 48.5 Å². The van der Waals surface area contributed by atoms with Gasteiger partial charge in [0.15, 0.2) is 0 Å². The summed E-state index contributed by atoms with van der Waals surface area (Å²) in [5.74, 6) is 0.721. The summed E-state index contributed by atoms with van der Waals surface area (Å²) in [5.41, 5.74) is 2.50. The first-order valence-electron chi connectivity index (χ1n) is 9.06.